The van der Waals surface area contributed by atoms with Crippen molar-refractivity contribution in [2.24, 2.45) is 0 Å². The lowest BCUT2D eigenvalue weighted by Gasteiger charge is -2.08. The lowest BCUT2D eigenvalue weighted by Crippen LogP contribution is -2.12. The van der Waals surface area contributed by atoms with Gasteiger partial charge in [-0.15, -0.1) is 10.2 Å². The third-order valence-corrected chi connectivity index (χ3v) is 4.34. The Morgan fingerprint density at radius 3 is 2.70 bits per heavy atom. The Balaban J connectivity index is 1.48. The predicted molar refractivity (Wildman–Crippen MR) is 104 cm³/mol. The van der Waals surface area contributed by atoms with Crippen LogP contribution in [0.5, 0.6) is 0 Å². The average Bonchev–Trinajstić information content (AvgIpc) is 3.08. The van der Waals surface area contributed by atoms with Crippen LogP contribution in [-0.2, 0) is 11.2 Å². The van der Waals surface area contributed by atoms with Crippen LogP contribution < -0.4 is 5.32 Å². The van der Waals surface area contributed by atoms with Crippen molar-refractivity contribution in [2.75, 3.05) is 5.32 Å². The van der Waals surface area contributed by atoms with Gasteiger partial charge in [-0.05, 0) is 43.2 Å². The summed E-state index contributed by atoms with van der Waals surface area (Å²) in [5.74, 6) is 0.728. The van der Waals surface area contributed by atoms with Crippen LogP contribution in [0.2, 0.25) is 0 Å². The van der Waals surface area contributed by atoms with Crippen LogP contribution in [0.4, 0.5) is 5.69 Å². The van der Waals surface area contributed by atoms with E-state index < -0.39 is 0 Å². The highest BCUT2D eigenvalue weighted by atomic mass is 16.1. The number of nitrogens with one attached hydrogen (secondary N) is 1. The summed E-state index contributed by atoms with van der Waals surface area (Å²) in [6.07, 6.45) is 1.16. The van der Waals surface area contributed by atoms with Gasteiger partial charge in [-0.3, -0.25) is 4.79 Å². The Morgan fingerprint density at radius 2 is 1.85 bits per heavy atom. The van der Waals surface area contributed by atoms with Crippen LogP contribution in [0.25, 0.3) is 16.9 Å². The van der Waals surface area contributed by atoms with Crippen LogP contribution in [-0.4, -0.2) is 25.7 Å². The molecule has 0 aliphatic rings. The lowest BCUT2D eigenvalue weighted by molar-refractivity contribution is -0.116. The molecule has 0 bridgehead atoms. The van der Waals surface area contributed by atoms with Crippen LogP contribution >= 0.6 is 0 Å². The number of benzene rings is 2. The minimum Gasteiger partial charge on any atom is -0.326 e. The molecule has 2 aromatic heterocycles. The quantitative estimate of drug-likeness (QED) is 0.591. The van der Waals surface area contributed by atoms with Gasteiger partial charge in [-0.25, -0.2) is 0 Å². The largest absolute Gasteiger partial charge is 0.326 e. The first-order valence-corrected chi connectivity index (χ1v) is 8.82. The summed E-state index contributed by atoms with van der Waals surface area (Å²) in [6, 6.07) is 21.5. The second-order valence-corrected chi connectivity index (χ2v) is 6.35. The molecule has 4 rings (SSSR count). The van der Waals surface area contributed by atoms with Crippen molar-refractivity contribution in [1.29, 1.82) is 0 Å². The maximum Gasteiger partial charge on any atom is 0.224 e. The molecule has 1 amide bonds. The van der Waals surface area contributed by atoms with Gasteiger partial charge in [0.2, 0.25) is 5.91 Å². The molecule has 27 heavy (non-hydrogen) atoms. The SMILES string of the molecule is Cc1nnc2ccc(-c3cccc(NC(=O)CCc4ccccc4)c3)nn12. The second kappa shape index (κ2) is 7.37. The molecule has 0 spiro atoms. The van der Waals surface area contributed by atoms with E-state index in [1.807, 2.05) is 73.7 Å². The summed E-state index contributed by atoms with van der Waals surface area (Å²) in [5, 5.41) is 15.6. The number of carbonyl (C=O) groups is 1. The minimum absolute atomic E-state index is 0.00549. The van der Waals surface area contributed by atoms with E-state index in [0.29, 0.717) is 12.1 Å². The van der Waals surface area contributed by atoms with Gasteiger partial charge in [-0.2, -0.15) is 9.61 Å². The number of fused-ring (bicyclic) bond motifs is 1. The molecule has 6 nitrogen and oxygen atoms in total. The first-order valence-electron chi connectivity index (χ1n) is 8.82. The zero-order valence-corrected chi connectivity index (χ0v) is 15.0. The number of hydrogen-bond donors (Lipinski definition) is 1. The zero-order valence-electron chi connectivity index (χ0n) is 15.0. The molecule has 4 aromatic rings. The van der Waals surface area contributed by atoms with Crippen LogP contribution in [0.3, 0.4) is 0 Å². The minimum atomic E-state index is -0.00549. The molecule has 2 aromatic carbocycles. The molecule has 0 fully saturated rings. The Kier molecular flexibility index (Phi) is 4.61. The number of anilines is 1. The summed E-state index contributed by atoms with van der Waals surface area (Å²) < 4.78 is 1.71. The molecule has 0 atom stereocenters. The van der Waals surface area contributed by atoms with Crippen molar-refractivity contribution in [2.45, 2.75) is 19.8 Å². The average molecular weight is 357 g/mol. The normalized spacial score (nSPS) is 10.9. The van der Waals surface area contributed by atoms with Gasteiger partial charge >= 0.3 is 0 Å². The third-order valence-electron chi connectivity index (χ3n) is 4.34. The number of aryl methyl sites for hydroxylation is 2. The van der Waals surface area contributed by atoms with Gasteiger partial charge in [0.1, 0.15) is 0 Å². The van der Waals surface area contributed by atoms with E-state index in [4.69, 9.17) is 0 Å². The van der Waals surface area contributed by atoms with E-state index in [-0.39, 0.29) is 5.91 Å². The maximum absolute atomic E-state index is 12.3. The Morgan fingerprint density at radius 1 is 1.00 bits per heavy atom. The molecule has 134 valence electrons. The fraction of sp³-hybridized carbons (Fsp3) is 0.143. The molecule has 0 unspecified atom stereocenters. The number of nitrogens with zero attached hydrogens (tertiary/aromatic N) is 4. The first kappa shape index (κ1) is 16.9. The highest BCUT2D eigenvalue weighted by Gasteiger charge is 2.08. The Labute approximate surface area is 156 Å². The molecule has 2 heterocycles. The van der Waals surface area contributed by atoms with E-state index in [0.717, 1.165) is 34.8 Å². The number of amides is 1. The highest BCUT2D eigenvalue weighted by molar-refractivity contribution is 5.91. The molecule has 6 heteroatoms. The Bertz CT molecular complexity index is 1090. The van der Waals surface area contributed by atoms with E-state index >= 15 is 0 Å². The number of rotatable bonds is 5. The van der Waals surface area contributed by atoms with Gasteiger partial charge in [-0.1, -0.05) is 42.5 Å². The van der Waals surface area contributed by atoms with Gasteiger partial charge < -0.3 is 5.32 Å². The van der Waals surface area contributed by atoms with Crippen molar-refractivity contribution in [3.05, 3.63) is 78.1 Å². The van der Waals surface area contributed by atoms with Crippen molar-refractivity contribution < 1.29 is 4.79 Å². The summed E-state index contributed by atoms with van der Waals surface area (Å²) in [5.41, 5.74) is 4.34. The standard InChI is InChI=1S/C21H19N5O/c1-15-23-24-20-12-11-19(25-26(15)20)17-8-5-9-18(14-17)22-21(27)13-10-16-6-3-2-4-7-16/h2-9,11-12,14H,10,13H2,1H3,(H,22,27). The molecule has 0 aliphatic carbocycles. The number of aromatic nitrogens is 4. The summed E-state index contributed by atoms with van der Waals surface area (Å²) >= 11 is 0. The summed E-state index contributed by atoms with van der Waals surface area (Å²) in [4.78, 5) is 12.3. The Hall–Kier alpha value is -3.54. The smallest absolute Gasteiger partial charge is 0.224 e. The highest BCUT2D eigenvalue weighted by Crippen LogP contribution is 2.21. The monoisotopic (exact) mass is 357 g/mol. The third kappa shape index (κ3) is 3.84. The molecule has 0 radical (unpaired) electrons. The molecular weight excluding hydrogens is 338 g/mol. The summed E-state index contributed by atoms with van der Waals surface area (Å²) in [7, 11) is 0. The molecule has 0 saturated carbocycles. The number of hydrogen-bond acceptors (Lipinski definition) is 4. The maximum atomic E-state index is 12.3. The fourth-order valence-electron chi connectivity index (χ4n) is 2.93. The zero-order chi connectivity index (χ0) is 18.6. The molecule has 0 saturated heterocycles. The topological polar surface area (TPSA) is 72.2 Å². The van der Waals surface area contributed by atoms with Crippen molar-refractivity contribution >= 4 is 17.2 Å². The van der Waals surface area contributed by atoms with E-state index in [9.17, 15) is 4.79 Å². The molecular formula is C21H19N5O. The lowest BCUT2D eigenvalue weighted by atomic mass is 10.1. The second-order valence-electron chi connectivity index (χ2n) is 6.35. The van der Waals surface area contributed by atoms with E-state index in [1.54, 1.807) is 4.52 Å². The number of carbonyl (C=O) groups excluding carboxylic acids is 1. The predicted octanol–water partition coefficient (Wildman–Crippen LogP) is 3.67. The molecule has 0 aliphatic heterocycles. The van der Waals surface area contributed by atoms with E-state index in [1.165, 1.54) is 0 Å². The van der Waals surface area contributed by atoms with Gasteiger partial charge in [0.25, 0.3) is 0 Å². The van der Waals surface area contributed by atoms with Crippen LogP contribution in [0.1, 0.15) is 17.8 Å². The van der Waals surface area contributed by atoms with Crippen molar-refractivity contribution in [3.8, 4) is 11.3 Å². The summed E-state index contributed by atoms with van der Waals surface area (Å²) in [6.45, 7) is 1.86. The van der Waals surface area contributed by atoms with Crippen molar-refractivity contribution in [1.82, 2.24) is 19.8 Å². The van der Waals surface area contributed by atoms with Gasteiger partial charge in [0, 0.05) is 17.7 Å². The van der Waals surface area contributed by atoms with Crippen LogP contribution in [0.15, 0.2) is 66.7 Å². The fourth-order valence-corrected chi connectivity index (χ4v) is 2.93. The van der Waals surface area contributed by atoms with Gasteiger partial charge in [0.05, 0.1) is 5.69 Å². The van der Waals surface area contributed by atoms with Crippen LogP contribution in [0, 0.1) is 6.92 Å². The molecule has 1 N–H and O–H groups in total. The first-order chi connectivity index (χ1) is 13.2. The van der Waals surface area contributed by atoms with E-state index in [2.05, 4.69) is 20.6 Å². The van der Waals surface area contributed by atoms with Gasteiger partial charge in [0.15, 0.2) is 11.5 Å². The van der Waals surface area contributed by atoms with Crippen molar-refractivity contribution in [3.63, 3.8) is 0 Å².